The quantitative estimate of drug-likeness (QED) is 0.744. The number of ether oxygens (including phenoxy) is 2. The second kappa shape index (κ2) is 9.16. The van der Waals surface area contributed by atoms with E-state index in [2.05, 4.69) is 5.32 Å². The summed E-state index contributed by atoms with van der Waals surface area (Å²) < 4.78 is 11.4. The van der Waals surface area contributed by atoms with Crippen LogP contribution in [0.25, 0.3) is 6.08 Å². The van der Waals surface area contributed by atoms with Gasteiger partial charge in [-0.15, -0.1) is 0 Å². The lowest BCUT2D eigenvalue weighted by atomic mass is 9.95. The van der Waals surface area contributed by atoms with E-state index < -0.39 is 12.1 Å². The Hall–Kier alpha value is -3.08. The van der Waals surface area contributed by atoms with Crippen molar-refractivity contribution in [2.24, 2.45) is 0 Å². The standard InChI is InChI=1S/C25H27NO4/c1-17-11-13-18(14-12-17)23(24(27)26-21-8-3-2-4-9-21)30-25(28)20-15-19-7-5-6-10-22(19)29-16-20/h5-7,10-15,21,23H,2-4,8-9,16H2,1H3,(H,26,27). The van der Waals surface area contributed by atoms with Crippen LogP contribution >= 0.6 is 0 Å². The maximum atomic E-state index is 13.1. The highest BCUT2D eigenvalue weighted by Crippen LogP contribution is 2.28. The zero-order chi connectivity index (χ0) is 20.9. The number of fused-ring (bicyclic) bond motifs is 1. The first-order valence-corrected chi connectivity index (χ1v) is 10.6. The molecule has 0 radical (unpaired) electrons. The Morgan fingerprint density at radius 3 is 2.53 bits per heavy atom. The molecular formula is C25H27NO4. The zero-order valence-corrected chi connectivity index (χ0v) is 17.2. The van der Waals surface area contributed by atoms with E-state index in [9.17, 15) is 9.59 Å². The fourth-order valence-electron chi connectivity index (χ4n) is 3.95. The average Bonchev–Trinajstić information content (AvgIpc) is 2.78. The van der Waals surface area contributed by atoms with E-state index in [-0.39, 0.29) is 18.6 Å². The summed E-state index contributed by atoms with van der Waals surface area (Å²) in [5.41, 5.74) is 2.97. The molecule has 5 nitrogen and oxygen atoms in total. The fourth-order valence-corrected chi connectivity index (χ4v) is 3.95. The number of aryl methyl sites for hydroxylation is 1. The van der Waals surface area contributed by atoms with Gasteiger partial charge in [-0.1, -0.05) is 67.3 Å². The van der Waals surface area contributed by atoms with Crippen LogP contribution in [0.15, 0.2) is 54.1 Å². The minimum Gasteiger partial charge on any atom is -0.488 e. The molecule has 156 valence electrons. The number of rotatable bonds is 5. The number of para-hydroxylation sites is 1. The molecule has 1 atom stereocenters. The Morgan fingerprint density at radius 1 is 1.03 bits per heavy atom. The predicted molar refractivity (Wildman–Crippen MR) is 115 cm³/mol. The fraction of sp³-hybridized carbons (Fsp3) is 0.360. The van der Waals surface area contributed by atoms with Crippen LogP contribution in [0.2, 0.25) is 0 Å². The van der Waals surface area contributed by atoms with Crippen molar-refractivity contribution in [3.63, 3.8) is 0 Å². The Labute approximate surface area is 177 Å². The van der Waals surface area contributed by atoms with Crippen LogP contribution in [0.5, 0.6) is 5.75 Å². The molecule has 1 amide bonds. The van der Waals surface area contributed by atoms with Gasteiger partial charge in [-0.05, 0) is 31.9 Å². The molecule has 1 saturated carbocycles. The molecule has 4 rings (SSSR count). The lowest BCUT2D eigenvalue weighted by Crippen LogP contribution is -2.40. The van der Waals surface area contributed by atoms with Gasteiger partial charge in [0.2, 0.25) is 6.10 Å². The lowest BCUT2D eigenvalue weighted by molar-refractivity contribution is -0.153. The number of benzene rings is 2. The van der Waals surface area contributed by atoms with Gasteiger partial charge in [0.1, 0.15) is 12.4 Å². The van der Waals surface area contributed by atoms with Crippen molar-refractivity contribution in [1.29, 1.82) is 0 Å². The predicted octanol–water partition coefficient (Wildman–Crippen LogP) is 4.50. The van der Waals surface area contributed by atoms with Gasteiger partial charge in [-0.25, -0.2) is 4.79 Å². The molecule has 1 heterocycles. The molecule has 2 aliphatic rings. The largest absolute Gasteiger partial charge is 0.488 e. The first-order valence-electron chi connectivity index (χ1n) is 10.6. The van der Waals surface area contributed by atoms with E-state index in [1.54, 1.807) is 6.08 Å². The van der Waals surface area contributed by atoms with Crippen molar-refractivity contribution < 1.29 is 19.1 Å². The van der Waals surface area contributed by atoms with E-state index in [1.807, 2.05) is 55.5 Å². The molecule has 1 aliphatic heterocycles. The van der Waals surface area contributed by atoms with Crippen molar-refractivity contribution in [3.8, 4) is 5.75 Å². The van der Waals surface area contributed by atoms with Crippen molar-refractivity contribution >= 4 is 18.0 Å². The summed E-state index contributed by atoms with van der Waals surface area (Å²) >= 11 is 0. The topological polar surface area (TPSA) is 64.6 Å². The third kappa shape index (κ3) is 4.73. The van der Waals surface area contributed by atoms with Gasteiger partial charge in [-0.3, -0.25) is 4.79 Å². The maximum Gasteiger partial charge on any atom is 0.338 e. The summed E-state index contributed by atoms with van der Waals surface area (Å²) in [5.74, 6) is -0.0649. The number of hydrogen-bond donors (Lipinski definition) is 1. The van der Waals surface area contributed by atoms with E-state index in [1.165, 1.54) is 6.42 Å². The molecule has 1 aliphatic carbocycles. The van der Waals surface area contributed by atoms with Crippen molar-refractivity contribution in [3.05, 3.63) is 70.8 Å². The Morgan fingerprint density at radius 2 is 1.77 bits per heavy atom. The summed E-state index contributed by atoms with van der Waals surface area (Å²) in [4.78, 5) is 26.0. The first kappa shape index (κ1) is 20.2. The molecule has 2 aromatic carbocycles. The van der Waals surface area contributed by atoms with Crippen LogP contribution in [-0.4, -0.2) is 24.5 Å². The summed E-state index contributed by atoms with van der Waals surface area (Å²) in [6, 6.07) is 15.2. The van der Waals surface area contributed by atoms with Crippen LogP contribution in [0.3, 0.4) is 0 Å². The molecule has 1 unspecified atom stereocenters. The number of carbonyl (C=O) groups excluding carboxylic acids is 2. The molecular weight excluding hydrogens is 378 g/mol. The molecule has 0 aromatic heterocycles. The van der Waals surface area contributed by atoms with Gasteiger partial charge in [0.05, 0.1) is 5.57 Å². The molecule has 2 aromatic rings. The Balaban J connectivity index is 1.53. The minimum atomic E-state index is -0.988. The van der Waals surface area contributed by atoms with Crippen LogP contribution in [0, 0.1) is 6.92 Å². The van der Waals surface area contributed by atoms with Gasteiger partial charge in [0.25, 0.3) is 5.91 Å². The van der Waals surface area contributed by atoms with Crippen LogP contribution in [0.4, 0.5) is 0 Å². The molecule has 30 heavy (non-hydrogen) atoms. The third-order valence-corrected chi connectivity index (χ3v) is 5.69. The van der Waals surface area contributed by atoms with Crippen LogP contribution < -0.4 is 10.1 Å². The molecule has 1 N–H and O–H groups in total. The lowest BCUT2D eigenvalue weighted by Gasteiger charge is -2.26. The minimum absolute atomic E-state index is 0.126. The van der Waals surface area contributed by atoms with E-state index >= 15 is 0 Å². The second-order valence-corrected chi connectivity index (χ2v) is 8.04. The van der Waals surface area contributed by atoms with Gasteiger partial charge in [0.15, 0.2) is 0 Å². The third-order valence-electron chi connectivity index (χ3n) is 5.69. The smallest absolute Gasteiger partial charge is 0.338 e. The first-order chi connectivity index (χ1) is 14.6. The highest BCUT2D eigenvalue weighted by molar-refractivity contribution is 5.97. The van der Waals surface area contributed by atoms with Crippen LogP contribution in [0.1, 0.15) is 54.9 Å². The summed E-state index contributed by atoms with van der Waals surface area (Å²) in [5, 5.41) is 3.09. The van der Waals surface area contributed by atoms with E-state index in [4.69, 9.17) is 9.47 Å². The van der Waals surface area contributed by atoms with Crippen molar-refractivity contribution in [1.82, 2.24) is 5.32 Å². The van der Waals surface area contributed by atoms with E-state index in [0.29, 0.717) is 11.1 Å². The Kier molecular flexibility index (Phi) is 6.17. The zero-order valence-electron chi connectivity index (χ0n) is 17.2. The van der Waals surface area contributed by atoms with Crippen LogP contribution in [-0.2, 0) is 14.3 Å². The van der Waals surface area contributed by atoms with E-state index in [0.717, 1.165) is 42.6 Å². The molecule has 5 heteroatoms. The van der Waals surface area contributed by atoms with Gasteiger partial charge in [-0.2, -0.15) is 0 Å². The van der Waals surface area contributed by atoms with Crippen molar-refractivity contribution in [2.45, 2.75) is 51.2 Å². The molecule has 1 fully saturated rings. The number of nitrogens with one attached hydrogen (secondary N) is 1. The van der Waals surface area contributed by atoms with Gasteiger partial charge >= 0.3 is 5.97 Å². The molecule has 0 spiro atoms. The summed E-state index contributed by atoms with van der Waals surface area (Å²) in [6.07, 6.45) is 6.16. The number of carbonyl (C=O) groups is 2. The highest BCUT2D eigenvalue weighted by atomic mass is 16.6. The number of hydrogen-bond acceptors (Lipinski definition) is 4. The summed E-state index contributed by atoms with van der Waals surface area (Å²) in [6.45, 7) is 2.11. The Bertz CT molecular complexity index is 942. The molecule has 0 bridgehead atoms. The van der Waals surface area contributed by atoms with Gasteiger partial charge in [0, 0.05) is 17.2 Å². The maximum absolute atomic E-state index is 13.1. The molecule has 0 saturated heterocycles. The second-order valence-electron chi connectivity index (χ2n) is 8.04. The number of esters is 1. The monoisotopic (exact) mass is 405 g/mol. The average molecular weight is 405 g/mol. The highest BCUT2D eigenvalue weighted by Gasteiger charge is 2.29. The SMILES string of the molecule is Cc1ccc(C(OC(=O)C2=Cc3ccccc3OC2)C(=O)NC2CCCCC2)cc1. The normalized spacial score (nSPS) is 17.2. The van der Waals surface area contributed by atoms with Crippen molar-refractivity contribution in [2.75, 3.05) is 6.61 Å². The summed E-state index contributed by atoms with van der Waals surface area (Å²) in [7, 11) is 0. The van der Waals surface area contributed by atoms with Gasteiger partial charge < -0.3 is 14.8 Å². The number of amides is 1.